The molecule has 0 amide bonds. The van der Waals surface area contributed by atoms with Gasteiger partial charge < -0.3 is 5.73 Å². The molecule has 94 valence electrons. The highest BCUT2D eigenvalue weighted by Crippen LogP contribution is 2.15. The lowest BCUT2D eigenvalue weighted by molar-refractivity contribution is 0.631. The van der Waals surface area contributed by atoms with E-state index in [1.807, 2.05) is 6.07 Å². The van der Waals surface area contributed by atoms with E-state index in [2.05, 4.69) is 4.98 Å². The molecule has 5 heteroatoms. The number of benzene rings is 2. The number of anilines is 1. The van der Waals surface area contributed by atoms with Gasteiger partial charge in [0.2, 0.25) is 0 Å². The van der Waals surface area contributed by atoms with Crippen molar-refractivity contribution in [3.8, 4) is 5.69 Å². The van der Waals surface area contributed by atoms with Crippen molar-refractivity contribution in [2.45, 2.75) is 0 Å². The van der Waals surface area contributed by atoms with E-state index in [1.165, 1.54) is 23.0 Å². The third-order valence-electron chi connectivity index (χ3n) is 2.93. The first-order valence-electron chi connectivity index (χ1n) is 5.68. The van der Waals surface area contributed by atoms with Crippen LogP contribution in [0.15, 0.2) is 53.6 Å². The van der Waals surface area contributed by atoms with Crippen LogP contribution >= 0.6 is 0 Å². The summed E-state index contributed by atoms with van der Waals surface area (Å²) in [6, 6.07) is 11.2. The van der Waals surface area contributed by atoms with E-state index < -0.39 is 5.82 Å². The summed E-state index contributed by atoms with van der Waals surface area (Å²) in [5, 5.41) is 0.488. The zero-order valence-electron chi connectivity index (χ0n) is 9.88. The molecule has 0 saturated carbocycles. The predicted molar refractivity (Wildman–Crippen MR) is 71.7 cm³/mol. The predicted octanol–water partition coefficient (Wildman–Crippen LogP) is 2.11. The molecule has 0 aliphatic carbocycles. The number of para-hydroxylation sites is 1. The van der Waals surface area contributed by atoms with E-state index in [-0.39, 0.29) is 11.2 Å². The van der Waals surface area contributed by atoms with Crippen molar-refractivity contribution < 1.29 is 4.39 Å². The van der Waals surface area contributed by atoms with Crippen LogP contribution in [-0.4, -0.2) is 9.55 Å². The lowest BCUT2D eigenvalue weighted by Gasteiger charge is -2.07. The lowest BCUT2D eigenvalue weighted by atomic mass is 10.2. The van der Waals surface area contributed by atoms with Gasteiger partial charge in [0, 0.05) is 6.07 Å². The van der Waals surface area contributed by atoms with Crippen LogP contribution in [0, 0.1) is 5.82 Å². The molecular formula is C14H10FN3O. The molecule has 3 rings (SSSR count). The van der Waals surface area contributed by atoms with Crippen molar-refractivity contribution in [2.24, 2.45) is 0 Å². The van der Waals surface area contributed by atoms with Gasteiger partial charge in [-0.2, -0.15) is 0 Å². The summed E-state index contributed by atoms with van der Waals surface area (Å²) < 4.78 is 14.7. The third kappa shape index (κ3) is 1.85. The fourth-order valence-electron chi connectivity index (χ4n) is 1.92. The maximum atomic E-state index is 13.4. The minimum Gasteiger partial charge on any atom is -0.396 e. The van der Waals surface area contributed by atoms with Crippen molar-refractivity contribution >= 4 is 16.6 Å². The number of nitrogen functional groups attached to an aromatic ring is 1. The Labute approximate surface area is 107 Å². The first-order chi connectivity index (χ1) is 9.16. The molecule has 0 saturated heterocycles. The molecule has 0 unspecified atom stereocenters. The Balaban J connectivity index is 2.28. The molecule has 3 aromatic rings. The second-order valence-corrected chi connectivity index (χ2v) is 4.14. The van der Waals surface area contributed by atoms with Gasteiger partial charge >= 0.3 is 0 Å². The number of nitrogens with zero attached hydrogens (tertiary/aromatic N) is 2. The first-order valence-corrected chi connectivity index (χ1v) is 5.68. The van der Waals surface area contributed by atoms with E-state index in [1.54, 1.807) is 24.3 Å². The van der Waals surface area contributed by atoms with Crippen molar-refractivity contribution in [1.29, 1.82) is 0 Å². The van der Waals surface area contributed by atoms with E-state index >= 15 is 0 Å². The molecule has 0 bridgehead atoms. The van der Waals surface area contributed by atoms with Gasteiger partial charge in [0.05, 0.1) is 22.3 Å². The number of nitrogens with two attached hydrogens (primary N) is 1. The largest absolute Gasteiger partial charge is 0.396 e. The van der Waals surface area contributed by atoms with Crippen LogP contribution in [0.5, 0.6) is 0 Å². The van der Waals surface area contributed by atoms with Crippen LogP contribution in [0.4, 0.5) is 10.1 Å². The molecule has 2 N–H and O–H groups in total. The van der Waals surface area contributed by atoms with Crippen molar-refractivity contribution in [1.82, 2.24) is 9.55 Å². The summed E-state index contributed by atoms with van der Waals surface area (Å²) >= 11 is 0. The minimum atomic E-state index is -0.558. The van der Waals surface area contributed by atoms with Crippen LogP contribution in [0.3, 0.4) is 0 Å². The van der Waals surface area contributed by atoms with Crippen molar-refractivity contribution in [3.63, 3.8) is 0 Å². The van der Waals surface area contributed by atoms with Gasteiger partial charge in [0.25, 0.3) is 5.56 Å². The lowest BCUT2D eigenvalue weighted by Crippen LogP contribution is -2.18. The van der Waals surface area contributed by atoms with Gasteiger partial charge in [0.15, 0.2) is 0 Å². The molecule has 4 nitrogen and oxygen atoms in total. The quantitative estimate of drug-likeness (QED) is 0.677. The maximum Gasteiger partial charge on any atom is 0.265 e. The summed E-state index contributed by atoms with van der Waals surface area (Å²) in [5.74, 6) is -0.558. The molecule has 1 aromatic heterocycles. The molecule has 0 aliphatic rings. The first kappa shape index (κ1) is 11.4. The van der Waals surface area contributed by atoms with Gasteiger partial charge in [-0.25, -0.2) is 9.37 Å². The molecular weight excluding hydrogens is 245 g/mol. The molecule has 0 spiro atoms. The molecule has 0 fully saturated rings. The Morgan fingerprint density at radius 1 is 1.16 bits per heavy atom. The number of halogens is 1. The highest BCUT2D eigenvalue weighted by molar-refractivity contribution is 5.77. The summed E-state index contributed by atoms with van der Waals surface area (Å²) in [4.78, 5) is 16.5. The van der Waals surface area contributed by atoms with Crippen LogP contribution in [0.25, 0.3) is 16.6 Å². The van der Waals surface area contributed by atoms with Crippen molar-refractivity contribution in [2.75, 3.05) is 5.73 Å². The highest BCUT2D eigenvalue weighted by Gasteiger charge is 2.07. The van der Waals surface area contributed by atoms with E-state index in [4.69, 9.17) is 5.73 Å². The summed E-state index contributed by atoms with van der Waals surface area (Å²) in [6.07, 6.45) is 1.38. The van der Waals surface area contributed by atoms with Crippen molar-refractivity contribution in [3.05, 3.63) is 65.0 Å². The van der Waals surface area contributed by atoms with Gasteiger partial charge in [0.1, 0.15) is 12.1 Å². The van der Waals surface area contributed by atoms with Crippen LogP contribution < -0.4 is 11.3 Å². The Morgan fingerprint density at radius 2 is 1.95 bits per heavy atom. The van der Waals surface area contributed by atoms with E-state index in [9.17, 15) is 9.18 Å². The Hall–Kier alpha value is -2.69. The summed E-state index contributed by atoms with van der Waals surface area (Å²) in [5.41, 5.74) is 6.23. The van der Waals surface area contributed by atoms with E-state index in [0.29, 0.717) is 16.6 Å². The second-order valence-electron chi connectivity index (χ2n) is 4.14. The molecule has 1 heterocycles. The molecule has 0 radical (unpaired) electrons. The summed E-state index contributed by atoms with van der Waals surface area (Å²) in [6.45, 7) is 0. The normalized spacial score (nSPS) is 10.8. The van der Waals surface area contributed by atoms with E-state index in [0.717, 1.165) is 0 Å². The molecule has 19 heavy (non-hydrogen) atoms. The second kappa shape index (κ2) is 4.20. The Bertz CT molecular complexity index is 826. The summed E-state index contributed by atoms with van der Waals surface area (Å²) in [7, 11) is 0. The smallest absolute Gasteiger partial charge is 0.265 e. The Kier molecular flexibility index (Phi) is 2.52. The number of fused-ring (bicyclic) bond motifs is 1. The zero-order valence-corrected chi connectivity index (χ0v) is 9.88. The van der Waals surface area contributed by atoms with Crippen LogP contribution in [0.2, 0.25) is 0 Å². The number of rotatable bonds is 1. The van der Waals surface area contributed by atoms with Crippen LogP contribution in [-0.2, 0) is 0 Å². The molecule has 0 atom stereocenters. The molecule has 0 aliphatic heterocycles. The standard InChI is InChI=1S/C14H10FN3O/c15-11-7-9(5-6-12(11)16)18-8-17-13-4-2-1-3-10(13)14(18)19/h1-8H,16H2. The number of hydrogen-bond donors (Lipinski definition) is 1. The maximum absolute atomic E-state index is 13.4. The SMILES string of the molecule is Nc1ccc(-n2cnc3ccccc3c2=O)cc1F. The monoisotopic (exact) mass is 255 g/mol. The van der Waals surface area contributed by atoms with Gasteiger partial charge in [-0.3, -0.25) is 9.36 Å². The fourth-order valence-corrected chi connectivity index (χ4v) is 1.92. The minimum absolute atomic E-state index is 0.0468. The Morgan fingerprint density at radius 3 is 2.74 bits per heavy atom. The fraction of sp³-hybridized carbons (Fsp3) is 0. The molecule has 2 aromatic carbocycles. The van der Waals surface area contributed by atoms with Crippen LogP contribution in [0.1, 0.15) is 0 Å². The third-order valence-corrected chi connectivity index (χ3v) is 2.93. The topological polar surface area (TPSA) is 60.9 Å². The van der Waals surface area contributed by atoms with Gasteiger partial charge in [-0.05, 0) is 24.3 Å². The average molecular weight is 255 g/mol. The number of aromatic nitrogens is 2. The average Bonchev–Trinajstić information content (AvgIpc) is 2.43. The number of hydrogen-bond acceptors (Lipinski definition) is 3. The van der Waals surface area contributed by atoms with Gasteiger partial charge in [-0.15, -0.1) is 0 Å². The zero-order chi connectivity index (χ0) is 13.4. The highest BCUT2D eigenvalue weighted by atomic mass is 19.1. The van der Waals surface area contributed by atoms with Gasteiger partial charge in [-0.1, -0.05) is 12.1 Å².